The van der Waals surface area contributed by atoms with Gasteiger partial charge >= 0.3 is 0 Å². The van der Waals surface area contributed by atoms with Gasteiger partial charge in [0, 0.05) is 25.4 Å². The van der Waals surface area contributed by atoms with E-state index in [1.165, 1.54) is 37.9 Å². The predicted molar refractivity (Wildman–Crippen MR) is 87.6 cm³/mol. The van der Waals surface area contributed by atoms with Gasteiger partial charge in [0.1, 0.15) is 0 Å². The average molecular weight is 369 g/mol. The van der Waals surface area contributed by atoms with Crippen LogP contribution in [0.3, 0.4) is 0 Å². The average Bonchev–Trinajstić information content (AvgIpc) is 2.73. The quantitative estimate of drug-likeness (QED) is 0.454. The SMILES string of the molecule is CN=C(NCC1CCC1)NCC1CCCS1.I. The summed E-state index contributed by atoms with van der Waals surface area (Å²) in [6.45, 7) is 2.16. The molecule has 1 aliphatic heterocycles. The number of nitrogens with one attached hydrogen (secondary N) is 2. The summed E-state index contributed by atoms with van der Waals surface area (Å²) < 4.78 is 0. The highest BCUT2D eigenvalue weighted by molar-refractivity contribution is 14.0. The Morgan fingerprint density at radius 2 is 1.94 bits per heavy atom. The lowest BCUT2D eigenvalue weighted by Crippen LogP contribution is -2.42. The Hall–Kier alpha value is 0.350. The molecule has 17 heavy (non-hydrogen) atoms. The molecule has 2 fully saturated rings. The minimum atomic E-state index is 0. The summed E-state index contributed by atoms with van der Waals surface area (Å²) >= 11 is 2.09. The van der Waals surface area contributed by atoms with Crippen LogP contribution in [0.5, 0.6) is 0 Å². The minimum Gasteiger partial charge on any atom is -0.356 e. The van der Waals surface area contributed by atoms with Crippen LogP contribution in [0.15, 0.2) is 4.99 Å². The molecule has 0 aromatic heterocycles. The molecule has 1 aliphatic carbocycles. The Kier molecular flexibility index (Phi) is 7.66. The molecule has 2 aliphatic rings. The second-order valence-electron chi connectivity index (χ2n) is 4.77. The summed E-state index contributed by atoms with van der Waals surface area (Å²) in [4.78, 5) is 4.26. The van der Waals surface area contributed by atoms with Gasteiger partial charge in [-0.15, -0.1) is 24.0 Å². The summed E-state index contributed by atoms with van der Waals surface area (Å²) in [6.07, 6.45) is 6.93. The molecule has 100 valence electrons. The van der Waals surface area contributed by atoms with E-state index in [0.29, 0.717) is 0 Å². The molecule has 0 radical (unpaired) electrons. The van der Waals surface area contributed by atoms with Gasteiger partial charge in [0.15, 0.2) is 5.96 Å². The zero-order valence-corrected chi connectivity index (χ0v) is 13.7. The standard InChI is InChI=1S/C12H23N3S.HI/c1-13-12(14-8-10-4-2-5-10)15-9-11-6-3-7-16-11;/h10-11H,2-9H2,1H3,(H2,13,14,15);1H. The molecule has 2 N–H and O–H groups in total. The van der Waals surface area contributed by atoms with Gasteiger partial charge in [0.2, 0.25) is 0 Å². The van der Waals surface area contributed by atoms with E-state index in [2.05, 4.69) is 27.4 Å². The van der Waals surface area contributed by atoms with Crippen molar-refractivity contribution in [1.29, 1.82) is 0 Å². The second-order valence-corrected chi connectivity index (χ2v) is 6.17. The van der Waals surface area contributed by atoms with Crippen LogP contribution < -0.4 is 10.6 Å². The summed E-state index contributed by atoms with van der Waals surface area (Å²) in [5.41, 5.74) is 0. The van der Waals surface area contributed by atoms with Crippen molar-refractivity contribution in [3.63, 3.8) is 0 Å². The van der Waals surface area contributed by atoms with Gasteiger partial charge in [-0.1, -0.05) is 6.42 Å². The van der Waals surface area contributed by atoms with E-state index in [9.17, 15) is 0 Å². The van der Waals surface area contributed by atoms with E-state index in [1.807, 2.05) is 7.05 Å². The molecule has 0 amide bonds. The van der Waals surface area contributed by atoms with Gasteiger partial charge in [0.25, 0.3) is 0 Å². The maximum atomic E-state index is 4.26. The van der Waals surface area contributed by atoms with Crippen molar-refractivity contribution in [3.8, 4) is 0 Å². The van der Waals surface area contributed by atoms with Gasteiger partial charge in [-0.05, 0) is 37.4 Å². The molecular formula is C12H24IN3S. The third-order valence-electron chi connectivity index (χ3n) is 3.53. The first-order chi connectivity index (χ1) is 7.88. The van der Waals surface area contributed by atoms with E-state index >= 15 is 0 Å². The molecule has 1 atom stereocenters. The third kappa shape index (κ3) is 5.24. The molecule has 0 bridgehead atoms. The third-order valence-corrected chi connectivity index (χ3v) is 4.93. The van der Waals surface area contributed by atoms with Crippen LogP contribution >= 0.6 is 35.7 Å². The summed E-state index contributed by atoms with van der Waals surface area (Å²) in [5, 5.41) is 7.65. The van der Waals surface area contributed by atoms with Crippen LogP contribution in [0.1, 0.15) is 32.1 Å². The van der Waals surface area contributed by atoms with Crippen LogP contribution in [0.25, 0.3) is 0 Å². The Morgan fingerprint density at radius 1 is 1.18 bits per heavy atom. The molecule has 1 saturated carbocycles. The van der Waals surface area contributed by atoms with E-state index < -0.39 is 0 Å². The van der Waals surface area contributed by atoms with Crippen molar-refractivity contribution in [1.82, 2.24) is 10.6 Å². The lowest BCUT2D eigenvalue weighted by Gasteiger charge is -2.26. The Balaban J connectivity index is 0.00000144. The maximum absolute atomic E-state index is 4.26. The fraction of sp³-hybridized carbons (Fsp3) is 0.917. The summed E-state index contributed by atoms with van der Waals surface area (Å²) in [6, 6.07) is 0. The van der Waals surface area contributed by atoms with Crippen molar-refractivity contribution in [2.75, 3.05) is 25.9 Å². The molecule has 1 unspecified atom stereocenters. The normalized spacial score (nSPS) is 25.0. The molecular weight excluding hydrogens is 345 g/mol. The highest BCUT2D eigenvalue weighted by atomic mass is 127. The summed E-state index contributed by atoms with van der Waals surface area (Å²) in [7, 11) is 1.86. The van der Waals surface area contributed by atoms with E-state index in [1.54, 1.807) is 0 Å². The zero-order chi connectivity index (χ0) is 11.2. The summed E-state index contributed by atoms with van der Waals surface area (Å²) in [5.74, 6) is 3.21. The molecule has 5 heteroatoms. The molecule has 1 heterocycles. The monoisotopic (exact) mass is 369 g/mol. The first kappa shape index (κ1) is 15.4. The Bertz CT molecular complexity index is 238. The lowest BCUT2D eigenvalue weighted by atomic mass is 9.85. The van der Waals surface area contributed by atoms with Gasteiger partial charge in [-0.25, -0.2) is 0 Å². The van der Waals surface area contributed by atoms with Gasteiger partial charge < -0.3 is 10.6 Å². The largest absolute Gasteiger partial charge is 0.356 e. The number of hydrogen-bond donors (Lipinski definition) is 2. The second kappa shape index (κ2) is 8.45. The topological polar surface area (TPSA) is 36.4 Å². The number of hydrogen-bond acceptors (Lipinski definition) is 2. The van der Waals surface area contributed by atoms with Crippen molar-refractivity contribution in [2.24, 2.45) is 10.9 Å². The maximum Gasteiger partial charge on any atom is 0.191 e. The number of aliphatic imine (C=N–C) groups is 1. The van der Waals surface area contributed by atoms with Crippen molar-refractivity contribution in [3.05, 3.63) is 0 Å². The highest BCUT2D eigenvalue weighted by Crippen LogP contribution is 2.26. The first-order valence-corrected chi connectivity index (χ1v) is 7.49. The van der Waals surface area contributed by atoms with E-state index in [4.69, 9.17) is 0 Å². The Labute approximate surface area is 126 Å². The number of guanidine groups is 1. The van der Waals surface area contributed by atoms with Crippen molar-refractivity contribution >= 4 is 41.7 Å². The fourth-order valence-corrected chi connectivity index (χ4v) is 3.38. The number of rotatable bonds is 4. The minimum absolute atomic E-state index is 0. The fourth-order valence-electron chi connectivity index (χ4n) is 2.17. The molecule has 0 aromatic carbocycles. The molecule has 0 aromatic rings. The number of nitrogens with zero attached hydrogens (tertiary/aromatic N) is 1. The van der Waals surface area contributed by atoms with Crippen LogP contribution in [0, 0.1) is 5.92 Å². The Morgan fingerprint density at radius 3 is 2.47 bits per heavy atom. The van der Waals surface area contributed by atoms with Crippen molar-refractivity contribution < 1.29 is 0 Å². The van der Waals surface area contributed by atoms with Crippen LogP contribution in [0.4, 0.5) is 0 Å². The molecule has 3 nitrogen and oxygen atoms in total. The van der Waals surface area contributed by atoms with Gasteiger partial charge in [-0.2, -0.15) is 11.8 Å². The van der Waals surface area contributed by atoms with Crippen LogP contribution in [-0.2, 0) is 0 Å². The van der Waals surface area contributed by atoms with Gasteiger partial charge in [-0.3, -0.25) is 4.99 Å². The molecule has 1 saturated heterocycles. The van der Waals surface area contributed by atoms with Gasteiger partial charge in [0.05, 0.1) is 0 Å². The highest BCUT2D eigenvalue weighted by Gasteiger charge is 2.18. The van der Waals surface area contributed by atoms with Crippen LogP contribution in [-0.4, -0.2) is 37.1 Å². The first-order valence-electron chi connectivity index (χ1n) is 6.44. The number of halogens is 1. The van der Waals surface area contributed by atoms with Crippen LogP contribution in [0.2, 0.25) is 0 Å². The predicted octanol–water partition coefficient (Wildman–Crippen LogP) is 2.47. The van der Waals surface area contributed by atoms with Crippen molar-refractivity contribution in [2.45, 2.75) is 37.4 Å². The zero-order valence-electron chi connectivity index (χ0n) is 10.6. The number of thioether (sulfide) groups is 1. The van der Waals surface area contributed by atoms with E-state index in [0.717, 1.165) is 30.2 Å². The smallest absolute Gasteiger partial charge is 0.191 e. The molecule has 2 rings (SSSR count). The lowest BCUT2D eigenvalue weighted by molar-refractivity contribution is 0.314. The van der Waals surface area contributed by atoms with E-state index in [-0.39, 0.29) is 24.0 Å². The molecule has 0 spiro atoms.